The normalized spacial score (nSPS) is 22.6. The van der Waals surface area contributed by atoms with Crippen molar-refractivity contribution in [2.45, 2.75) is 63.6 Å². The summed E-state index contributed by atoms with van der Waals surface area (Å²) in [5, 5.41) is 12.0. The highest BCUT2D eigenvalue weighted by Crippen LogP contribution is 2.55. The predicted molar refractivity (Wildman–Crippen MR) is 112 cm³/mol. The van der Waals surface area contributed by atoms with Gasteiger partial charge in [0.2, 0.25) is 11.8 Å². The first-order valence-corrected chi connectivity index (χ1v) is 11.8. The summed E-state index contributed by atoms with van der Waals surface area (Å²) < 4.78 is 38.5. The maximum Gasteiger partial charge on any atom is 0.434 e. The lowest BCUT2D eigenvalue weighted by Gasteiger charge is -2.25. The number of aromatic nitrogens is 1. The Labute approximate surface area is 192 Å². The molecule has 4 rings (SSSR count). The summed E-state index contributed by atoms with van der Waals surface area (Å²) in [4.78, 5) is 43.2. The minimum absolute atomic E-state index is 0.149. The molecule has 3 amide bonds. The van der Waals surface area contributed by atoms with Gasteiger partial charge in [-0.2, -0.15) is 13.2 Å². The van der Waals surface area contributed by atoms with E-state index in [4.69, 9.17) is 5.21 Å². The number of rotatable bonds is 6. The van der Waals surface area contributed by atoms with Gasteiger partial charge in [0.1, 0.15) is 6.04 Å². The molecule has 0 unspecified atom stereocenters. The first-order chi connectivity index (χ1) is 15.6. The van der Waals surface area contributed by atoms with Gasteiger partial charge in [-0.1, -0.05) is 18.9 Å². The Morgan fingerprint density at radius 3 is 2.55 bits per heavy atom. The van der Waals surface area contributed by atoms with Crippen LogP contribution in [-0.2, 0) is 20.6 Å². The van der Waals surface area contributed by atoms with Crippen molar-refractivity contribution in [1.29, 1.82) is 0 Å². The fourth-order valence-electron chi connectivity index (χ4n) is 4.70. The van der Waals surface area contributed by atoms with Crippen molar-refractivity contribution in [1.82, 2.24) is 15.4 Å². The molecule has 3 fully saturated rings. The molecular weight excluding hydrogens is 461 g/mol. The number of nitrogens with one attached hydrogen (secondary N) is 2. The van der Waals surface area contributed by atoms with Crippen molar-refractivity contribution in [3.63, 3.8) is 0 Å². The summed E-state index contributed by atoms with van der Waals surface area (Å²) >= 11 is 0.669. The van der Waals surface area contributed by atoms with Gasteiger partial charge in [-0.25, -0.2) is 10.5 Å². The Morgan fingerprint density at radius 1 is 1.27 bits per heavy atom. The molecular formula is C21H25F3N4O4S. The van der Waals surface area contributed by atoms with Crippen molar-refractivity contribution < 1.29 is 32.8 Å². The summed E-state index contributed by atoms with van der Waals surface area (Å²) in [5.74, 6) is -1.63. The Bertz CT molecular complexity index is 967. The Balaban J connectivity index is 1.53. The fraction of sp³-hybridized carbons (Fsp3) is 0.619. The van der Waals surface area contributed by atoms with E-state index in [0.717, 1.165) is 43.9 Å². The van der Waals surface area contributed by atoms with Gasteiger partial charge in [-0.15, -0.1) is 11.3 Å². The zero-order chi connectivity index (χ0) is 23.8. The number of carbonyl (C=O) groups excluding carboxylic acids is 3. The van der Waals surface area contributed by atoms with Gasteiger partial charge in [0.05, 0.1) is 6.42 Å². The van der Waals surface area contributed by atoms with E-state index in [-0.39, 0.29) is 28.5 Å². The second-order valence-corrected chi connectivity index (χ2v) is 9.98. The van der Waals surface area contributed by atoms with E-state index in [1.807, 2.05) is 0 Å². The van der Waals surface area contributed by atoms with Gasteiger partial charge < -0.3 is 10.2 Å². The van der Waals surface area contributed by atoms with Gasteiger partial charge in [0.15, 0.2) is 10.8 Å². The van der Waals surface area contributed by atoms with Crippen molar-refractivity contribution in [3.8, 4) is 0 Å². The minimum Gasteiger partial charge on any atom is -0.326 e. The molecule has 3 aliphatic rings. The lowest BCUT2D eigenvalue weighted by atomic mass is 10.0. The van der Waals surface area contributed by atoms with Gasteiger partial charge >= 0.3 is 6.18 Å². The van der Waals surface area contributed by atoms with Crippen LogP contribution >= 0.6 is 11.3 Å². The number of thiazole rings is 1. The number of hydrogen-bond acceptors (Lipinski definition) is 6. The zero-order valence-electron chi connectivity index (χ0n) is 17.8. The maximum absolute atomic E-state index is 13.5. The first-order valence-electron chi connectivity index (χ1n) is 10.9. The smallest absolute Gasteiger partial charge is 0.326 e. The van der Waals surface area contributed by atoms with E-state index >= 15 is 0 Å². The van der Waals surface area contributed by atoms with Crippen LogP contribution in [0.15, 0.2) is 17.0 Å². The minimum atomic E-state index is -4.61. The molecule has 1 atom stereocenters. The third-order valence-corrected chi connectivity index (χ3v) is 7.40. The highest BCUT2D eigenvalue weighted by Gasteiger charge is 2.55. The van der Waals surface area contributed by atoms with Crippen LogP contribution < -0.4 is 10.8 Å². The molecule has 1 spiro atoms. The molecule has 2 aliphatic carbocycles. The predicted octanol–water partition coefficient (Wildman–Crippen LogP) is 3.49. The lowest BCUT2D eigenvalue weighted by Crippen LogP contribution is -2.44. The molecule has 12 heteroatoms. The molecule has 0 radical (unpaired) electrons. The Morgan fingerprint density at radius 2 is 1.97 bits per heavy atom. The second kappa shape index (κ2) is 9.05. The average molecular weight is 487 g/mol. The van der Waals surface area contributed by atoms with E-state index in [1.54, 1.807) is 11.6 Å². The number of likely N-dealkylation sites (tertiary alicyclic amines) is 1. The molecule has 1 aromatic rings. The Hall–Kier alpha value is -2.47. The first kappa shape index (κ1) is 23.7. The molecule has 2 heterocycles. The standard InChI is InChI=1S/C21H25F3N4O4S/c22-21(23,24)15-10-33-19(25-15)26-17(30)14-9-20(5-6-20)11-28(14)18(31)13(8-16(29)27-32)7-12-3-1-2-4-12/h7,10,12,14,32H,1-6,8-9,11H2,(H,27,29)(H,25,26,30)/b13-7-/t14-/m0/s1. The maximum atomic E-state index is 13.5. The molecule has 3 N–H and O–H groups in total. The number of nitrogens with zero attached hydrogens (tertiary/aromatic N) is 2. The van der Waals surface area contributed by atoms with Crippen LogP contribution in [-0.4, -0.2) is 45.4 Å². The van der Waals surface area contributed by atoms with E-state index in [2.05, 4.69) is 10.3 Å². The molecule has 8 nitrogen and oxygen atoms in total. The van der Waals surface area contributed by atoms with Crippen LogP contribution in [0.2, 0.25) is 0 Å². The van der Waals surface area contributed by atoms with Crippen LogP contribution in [0, 0.1) is 11.3 Å². The number of anilines is 1. The molecule has 2 saturated carbocycles. The van der Waals surface area contributed by atoms with Crippen molar-refractivity contribution in [2.75, 3.05) is 11.9 Å². The fourth-order valence-corrected chi connectivity index (χ4v) is 5.42. The lowest BCUT2D eigenvalue weighted by molar-refractivity contribution is -0.140. The highest BCUT2D eigenvalue weighted by atomic mass is 32.1. The SMILES string of the molecule is O=C(C/C(=C/C1CCCC1)C(=O)N1CC2(CC2)C[C@H]1C(=O)Nc1nc(C(F)(F)F)cs1)NO. The molecule has 1 aliphatic heterocycles. The number of amides is 3. The van der Waals surface area contributed by atoms with Crippen LogP contribution in [0.5, 0.6) is 0 Å². The molecule has 1 aromatic heterocycles. The van der Waals surface area contributed by atoms with E-state index < -0.39 is 35.6 Å². The van der Waals surface area contributed by atoms with E-state index in [1.165, 1.54) is 4.90 Å². The number of hydrogen-bond donors (Lipinski definition) is 3. The number of allylic oxidation sites excluding steroid dienone is 1. The van der Waals surface area contributed by atoms with Crippen molar-refractivity contribution in [3.05, 3.63) is 22.7 Å². The largest absolute Gasteiger partial charge is 0.434 e. The van der Waals surface area contributed by atoms with Crippen molar-refractivity contribution in [2.24, 2.45) is 11.3 Å². The summed E-state index contributed by atoms with van der Waals surface area (Å²) in [6.07, 6.45) is 2.82. The number of hydroxylamine groups is 1. The zero-order valence-corrected chi connectivity index (χ0v) is 18.6. The van der Waals surface area contributed by atoms with Gasteiger partial charge in [-0.3, -0.25) is 19.6 Å². The third-order valence-electron chi connectivity index (χ3n) is 6.64. The molecule has 1 saturated heterocycles. The summed E-state index contributed by atoms with van der Waals surface area (Å²) in [6, 6.07) is -0.873. The van der Waals surface area contributed by atoms with Gasteiger partial charge in [0.25, 0.3) is 5.91 Å². The van der Waals surface area contributed by atoms with Crippen LogP contribution in [0.25, 0.3) is 0 Å². The van der Waals surface area contributed by atoms with E-state index in [9.17, 15) is 27.6 Å². The van der Waals surface area contributed by atoms with Gasteiger partial charge in [0, 0.05) is 17.5 Å². The summed E-state index contributed by atoms with van der Waals surface area (Å²) in [7, 11) is 0. The number of alkyl halides is 3. The van der Waals surface area contributed by atoms with Crippen LogP contribution in [0.4, 0.5) is 18.3 Å². The van der Waals surface area contributed by atoms with Gasteiger partial charge in [-0.05, 0) is 43.4 Å². The molecule has 0 bridgehead atoms. The quantitative estimate of drug-likeness (QED) is 0.324. The highest BCUT2D eigenvalue weighted by molar-refractivity contribution is 7.13. The van der Waals surface area contributed by atoms with Crippen LogP contribution in [0.3, 0.4) is 0 Å². The second-order valence-electron chi connectivity index (χ2n) is 9.13. The average Bonchev–Trinajstić information content (AvgIpc) is 3.14. The molecule has 0 aromatic carbocycles. The molecule has 33 heavy (non-hydrogen) atoms. The number of halogens is 3. The van der Waals surface area contributed by atoms with Crippen LogP contribution in [0.1, 0.15) is 57.1 Å². The van der Waals surface area contributed by atoms with E-state index in [0.29, 0.717) is 24.3 Å². The number of carbonyl (C=O) groups is 3. The monoisotopic (exact) mass is 486 g/mol. The molecule has 180 valence electrons. The topological polar surface area (TPSA) is 112 Å². The Kier molecular flexibility index (Phi) is 6.50. The summed E-state index contributed by atoms with van der Waals surface area (Å²) in [5.41, 5.74) is 0.510. The summed E-state index contributed by atoms with van der Waals surface area (Å²) in [6.45, 7) is 0.346. The van der Waals surface area contributed by atoms with Crippen molar-refractivity contribution >= 4 is 34.2 Å². The third kappa shape index (κ3) is 5.37.